The summed E-state index contributed by atoms with van der Waals surface area (Å²) >= 11 is 0. The van der Waals surface area contributed by atoms with E-state index in [-0.39, 0.29) is 24.1 Å². The lowest BCUT2D eigenvalue weighted by Gasteiger charge is -2.46. The van der Waals surface area contributed by atoms with E-state index in [0.29, 0.717) is 36.6 Å². The lowest BCUT2D eigenvalue weighted by Crippen LogP contribution is -2.48. The number of carbonyl (C=O) groups excluding carboxylic acids is 1. The predicted octanol–water partition coefficient (Wildman–Crippen LogP) is 6.02. The zero-order valence-electron chi connectivity index (χ0n) is 28.7. The summed E-state index contributed by atoms with van der Waals surface area (Å²) in [6.45, 7) is 11.0. The van der Waals surface area contributed by atoms with Gasteiger partial charge in [0.05, 0.1) is 34.0 Å². The maximum atomic E-state index is 13.4. The van der Waals surface area contributed by atoms with Crippen LogP contribution in [-0.4, -0.2) is 80.9 Å². The average molecular weight is 635 g/mol. The highest BCUT2D eigenvalue weighted by Gasteiger charge is 2.40. The molecule has 4 aliphatic heterocycles. The second-order valence-electron chi connectivity index (χ2n) is 14.7. The molecule has 252 valence electrons. The molecule has 4 aliphatic rings. The van der Waals surface area contributed by atoms with Gasteiger partial charge in [-0.15, -0.1) is 0 Å². The van der Waals surface area contributed by atoms with Gasteiger partial charge in [0.15, 0.2) is 23.0 Å². The first-order valence-corrected chi connectivity index (χ1v) is 17.5. The first-order chi connectivity index (χ1) is 22.2. The Morgan fingerprint density at radius 2 is 1.39 bits per heavy atom. The summed E-state index contributed by atoms with van der Waals surface area (Å²) < 4.78 is 23.3. The van der Waals surface area contributed by atoms with E-state index >= 15 is 0 Å². The number of carbonyl (C=O) groups is 1. The molecule has 0 amide bonds. The standard InChI is InChI=1S/C38H54N2O6/c1-23(2)13-27-21-39-10-8-26-16-36(44-5)38(18-30(26)32(39)19-33(27)41)46-12-9-24(3)14-28-22-40-11-7-25-15-35(43-4)37(45-6)17-29(25)31(40)20-34(28)42/h15-18,23-24,27-28,31-33,41H,7-14,19-22H2,1-6H3. The van der Waals surface area contributed by atoms with Gasteiger partial charge in [0, 0.05) is 50.6 Å². The van der Waals surface area contributed by atoms with Gasteiger partial charge in [0.25, 0.3) is 0 Å². The number of benzene rings is 2. The molecular formula is C38H54N2O6. The number of Topliss-reactive ketones (excluding diaryl/α,β-unsaturated/α-hetero) is 1. The van der Waals surface area contributed by atoms with Crippen molar-refractivity contribution in [3.05, 3.63) is 46.5 Å². The van der Waals surface area contributed by atoms with Gasteiger partial charge in [-0.3, -0.25) is 14.6 Å². The van der Waals surface area contributed by atoms with Crippen LogP contribution in [0, 0.1) is 23.7 Å². The predicted molar refractivity (Wildman–Crippen MR) is 179 cm³/mol. The van der Waals surface area contributed by atoms with Crippen LogP contribution in [0.2, 0.25) is 0 Å². The maximum absolute atomic E-state index is 13.4. The fourth-order valence-corrected chi connectivity index (χ4v) is 8.67. The van der Waals surface area contributed by atoms with Gasteiger partial charge >= 0.3 is 0 Å². The van der Waals surface area contributed by atoms with E-state index in [1.807, 2.05) is 0 Å². The SMILES string of the molecule is COc1cc2c(cc1OC)C1CC(=O)C(CC(C)CCOc3cc4c(cc3OC)CCN3CC(CC(C)C)C(O)CC43)CN1CC2. The van der Waals surface area contributed by atoms with Crippen molar-refractivity contribution in [1.82, 2.24) is 9.80 Å². The monoisotopic (exact) mass is 634 g/mol. The summed E-state index contributed by atoms with van der Waals surface area (Å²) in [6, 6.07) is 8.82. The minimum Gasteiger partial charge on any atom is -0.493 e. The Bertz CT molecular complexity index is 1390. The number of ketones is 1. The number of fused-ring (bicyclic) bond motifs is 6. The highest BCUT2D eigenvalue weighted by molar-refractivity contribution is 5.83. The average Bonchev–Trinajstić information content (AvgIpc) is 3.04. The molecule has 0 aromatic heterocycles. The normalized spacial score (nSPS) is 26.9. The van der Waals surface area contributed by atoms with E-state index in [1.54, 1.807) is 21.3 Å². The van der Waals surface area contributed by atoms with Crippen molar-refractivity contribution in [3.8, 4) is 23.0 Å². The van der Waals surface area contributed by atoms with Crippen LogP contribution in [0.4, 0.5) is 0 Å². The Morgan fingerprint density at radius 3 is 2.04 bits per heavy atom. The van der Waals surface area contributed by atoms with E-state index in [2.05, 4.69) is 54.8 Å². The van der Waals surface area contributed by atoms with E-state index in [4.69, 9.17) is 18.9 Å². The Morgan fingerprint density at radius 1 is 0.804 bits per heavy atom. The number of hydrogen-bond acceptors (Lipinski definition) is 8. The van der Waals surface area contributed by atoms with Gasteiger partial charge in [-0.1, -0.05) is 20.8 Å². The number of rotatable bonds is 11. The van der Waals surface area contributed by atoms with E-state index < -0.39 is 0 Å². The number of piperidine rings is 2. The Hall–Kier alpha value is -2.81. The molecule has 6 atom stereocenters. The van der Waals surface area contributed by atoms with E-state index in [9.17, 15) is 9.90 Å². The molecular weight excluding hydrogens is 580 g/mol. The topological polar surface area (TPSA) is 80.7 Å². The Balaban J connectivity index is 1.05. The van der Waals surface area contributed by atoms with Crippen LogP contribution in [0.15, 0.2) is 24.3 Å². The molecule has 0 bridgehead atoms. The van der Waals surface area contributed by atoms with E-state index in [0.717, 1.165) is 87.7 Å². The van der Waals surface area contributed by atoms with Crippen molar-refractivity contribution >= 4 is 5.78 Å². The molecule has 1 N–H and O–H groups in total. The van der Waals surface area contributed by atoms with Gasteiger partial charge in [-0.2, -0.15) is 0 Å². The summed E-state index contributed by atoms with van der Waals surface area (Å²) in [5.74, 6) is 4.75. The fourth-order valence-electron chi connectivity index (χ4n) is 8.67. The second kappa shape index (κ2) is 14.1. The van der Waals surface area contributed by atoms with Gasteiger partial charge in [0.1, 0.15) is 5.78 Å². The van der Waals surface area contributed by atoms with Crippen molar-refractivity contribution in [3.63, 3.8) is 0 Å². The summed E-state index contributed by atoms with van der Waals surface area (Å²) in [4.78, 5) is 18.5. The van der Waals surface area contributed by atoms with Crippen LogP contribution in [-0.2, 0) is 17.6 Å². The minimum atomic E-state index is -0.272. The third-order valence-electron chi connectivity index (χ3n) is 11.1. The van der Waals surface area contributed by atoms with Crippen molar-refractivity contribution in [1.29, 1.82) is 0 Å². The smallest absolute Gasteiger partial charge is 0.161 e. The van der Waals surface area contributed by atoms with Crippen molar-refractivity contribution < 1.29 is 28.8 Å². The van der Waals surface area contributed by atoms with Crippen LogP contribution in [0.3, 0.4) is 0 Å². The summed E-state index contributed by atoms with van der Waals surface area (Å²) in [5, 5.41) is 11.0. The number of hydrogen-bond donors (Lipinski definition) is 1. The van der Waals surface area contributed by atoms with Crippen molar-refractivity contribution in [2.75, 3.05) is 54.1 Å². The van der Waals surface area contributed by atoms with Crippen LogP contribution >= 0.6 is 0 Å². The largest absolute Gasteiger partial charge is 0.493 e. The molecule has 8 heteroatoms. The number of ether oxygens (including phenoxy) is 4. The summed E-state index contributed by atoms with van der Waals surface area (Å²) in [5.41, 5.74) is 5.05. The zero-order chi connectivity index (χ0) is 32.5. The summed E-state index contributed by atoms with van der Waals surface area (Å²) in [6.07, 6.45) is 5.81. The maximum Gasteiger partial charge on any atom is 0.161 e. The lowest BCUT2D eigenvalue weighted by atomic mass is 9.79. The number of methoxy groups -OCH3 is 3. The number of nitrogens with zero attached hydrogens (tertiary/aromatic N) is 2. The molecule has 0 radical (unpaired) electrons. The molecule has 2 saturated heterocycles. The molecule has 8 nitrogen and oxygen atoms in total. The van der Waals surface area contributed by atoms with Crippen molar-refractivity contribution in [2.45, 2.75) is 83.9 Å². The van der Waals surface area contributed by atoms with Gasteiger partial charge in [0.2, 0.25) is 0 Å². The fraction of sp³-hybridized carbons (Fsp3) is 0.658. The molecule has 6 rings (SSSR count). The number of aliphatic hydroxyl groups excluding tert-OH is 1. The molecule has 6 unspecified atom stereocenters. The summed E-state index contributed by atoms with van der Waals surface area (Å²) in [7, 11) is 5.04. The Kier molecular flexibility index (Phi) is 10.2. The van der Waals surface area contributed by atoms with Gasteiger partial charge < -0.3 is 24.1 Å². The highest BCUT2D eigenvalue weighted by atomic mass is 16.5. The zero-order valence-corrected chi connectivity index (χ0v) is 28.7. The molecule has 2 aromatic carbocycles. The molecule has 4 heterocycles. The molecule has 0 spiro atoms. The van der Waals surface area contributed by atoms with E-state index in [1.165, 1.54) is 22.3 Å². The second-order valence-corrected chi connectivity index (χ2v) is 14.7. The van der Waals surface area contributed by atoms with Gasteiger partial charge in [-0.05, 0) is 103 Å². The van der Waals surface area contributed by atoms with Crippen LogP contribution in [0.25, 0.3) is 0 Å². The first kappa shape index (κ1) is 33.1. The molecule has 0 aliphatic carbocycles. The minimum absolute atomic E-state index is 0.0504. The third-order valence-corrected chi connectivity index (χ3v) is 11.1. The molecule has 46 heavy (non-hydrogen) atoms. The lowest BCUT2D eigenvalue weighted by molar-refractivity contribution is -0.129. The van der Waals surface area contributed by atoms with Crippen LogP contribution in [0.1, 0.15) is 87.2 Å². The number of aliphatic hydroxyl groups is 1. The highest BCUT2D eigenvalue weighted by Crippen LogP contribution is 2.45. The van der Waals surface area contributed by atoms with Gasteiger partial charge in [-0.25, -0.2) is 0 Å². The molecule has 0 saturated carbocycles. The van der Waals surface area contributed by atoms with Crippen molar-refractivity contribution in [2.24, 2.45) is 23.7 Å². The van der Waals surface area contributed by atoms with Crippen LogP contribution in [0.5, 0.6) is 23.0 Å². The Labute approximate surface area is 275 Å². The third kappa shape index (κ3) is 6.76. The molecule has 2 fully saturated rings. The molecule has 2 aromatic rings. The first-order valence-electron chi connectivity index (χ1n) is 17.5. The van der Waals surface area contributed by atoms with Crippen LogP contribution < -0.4 is 18.9 Å². The quantitative estimate of drug-likeness (QED) is 0.322.